The first-order valence-electron chi connectivity index (χ1n) is 3.35. The number of hydrogen-bond donors (Lipinski definition) is 0. The molecule has 2 nitrogen and oxygen atoms in total. The smallest absolute Gasteiger partial charge is 0.115 e. The molecule has 0 saturated heterocycles. The second kappa shape index (κ2) is 3.59. The van der Waals surface area contributed by atoms with Crippen LogP contribution in [-0.2, 0) is 0 Å². The lowest BCUT2D eigenvalue weighted by atomic mass is 10.3. The normalized spacial score (nSPS) is 10.1. The van der Waals surface area contributed by atoms with Gasteiger partial charge in [0.05, 0.1) is 0 Å². The Morgan fingerprint density at radius 3 is 2.36 bits per heavy atom. The first-order valence-corrected chi connectivity index (χ1v) is 5.59. The molecule has 1 rings (SSSR count). The molecule has 58 valence electrons. The molecule has 0 aliphatic rings. The third kappa shape index (κ3) is 1.84. The molecule has 0 fully saturated rings. The largest absolute Gasteiger partial charge is 0.145 e. The lowest BCUT2D eigenvalue weighted by molar-refractivity contribution is 1.53. The van der Waals surface area contributed by atoms with Gasteiger partial charge in [0.15, 0.2) is 0 Å². The highest BCUT2D eigenvalue weighted by Gasteiger charge is 2.03. The van der Waals surface area contributed by atoms with E-state index in [-0.39, 0.29) is 7.92 Å². The van der Waals surface area contributed by atoms with E-state index in [1.165, 1.54) is 0 Å². The summed E-state index contributed by atoms with van der Waals surface area (Å²) in [5, 5.41) is 4.04. The maximum absolute atomic E-state index is 10.3. The topological polar surface area (TPSA) is 29.4 Å². The van der Waals surface area contributed by atoms with Crippen molar-refractivity contribution in [2.45, 2.75) is 0 Å². The molecular weight excluding hydrogens is 157 g/mol. The van der Waals surface area contributed by atoms with Crippen LogP contribution in [0.5, 0.6) is 0 Å². The van der Waals surface area contributed by atoms with Gasteiger partial charge in [-0.2, -0.15) is 0 Å². The van der Waals surface area contributed by atoms with Gasteiger partial charge in [-0.1, -0.05) is 26.1 Å². The molecule has 11 heavy (non-hydrogen) atoms. The minimum atomic E-state index is -0.216. The van der Waals surface area contributed by atoms with Gasteiger partial charge in [-0.05, 0) is 24.6 Å². The van der Waals surface area contributed by atoms with Gasteiger partial charge in [-0.3, -0.25) is 0 Å². The minimum Gasteiger partial charge on any atom is -0.145 e. The Bertz CT molecular complexity index is 260. The van der Waals surface area contributed by atoms with Crippen molar-refractivity contribution >= 4 is 18.9 Å². The maximum Gasteiger partial charge on any atom is 0.115 e. The van der Waals surface area contributed by atoms with Gasteiger partial charge in [0.25, 0.3) is 0 Å². The van der Waals surface area contributed by atoms with Crippen molar-refractivity contribution in [3.63, 3.8) is 0 Å². The Morgan fingerprint density at radius 2 is 1.91 bits per heavy atom. The Kier molecular flexibility index (Phi) is 2.72. The summed E-state index contributed by atoms with van der Waals surface area (Å²) in [6.07, 6.45) is 0. The summed E-state index contributed by atoms with van der Waals surface area (Å²) in [5.41, 5.74) is 0.587. The molecule has 1 aromatic carbocycles. The number of nitroso groups, excluding NO2 is 1. The fraction of sp³-hybridized carbons (Fsp3) is 0.250. The number of benzene rings is 1. The fourth-order valence-electron chi connectivity index (χ4n) is 0.920. The van der Waals surface area contributed by atoms with Crippen molar-refractivity contribution in [2.75, 3.05) is 13.3 Å². The van der Waals surface area contributed by atoms with Crippen LogP contribution < -0.4 is 5.30 Å². The molecule has 0 N–H and O–H groups in total. The zero-order valence-corrected chi connectivity index (χ0v) is 7.51. The van der Waals surface area contributed by atoms with E-state index in [4.69, 9.17) is 0 Å². The molecule has 0 bridgehead atoms. The summed E-state index contributed by atoms with van der Waals surface area (Å²) in [6.45, 7) is 4.22. The van der Waals surface area contributed by atoms with Crippen LogP contribution in [0.25, 0.3) is 0 Å². The number of rotatable bonds is 2. The second-order valence-corrected chi connectivity index (χ2v) is 4.75. The van der Waals surface area contributed by atoms with Gasteiger partial charge in [-0.25, -0.2) is 0 Å². The molecule has 0 amide bonds. The quantitative estimate of drug-likeness (QED) is 0.491. The zero-order valence-electron chi connectivity index (χ0n) is 6.61. The van der Waals surface area contributed by atoms with Crippen LogP contribution in [0.3, 0.4) is 0 Å². The molecular formula is C8H10NOP. The molecule has 0 atom stereocenters. The van der Waals surface area contributed by atoms with E-state index in [9.17, 15) is 4.91 Å². The summed E-state index contributed by atoms with van der Waals surface area (Å²) >= 11 is 0. The average Bonchev–Trinajstić information content (AvgIpc) is 2.04. The van der Waals surface area contributed by atoms with E-state index < -0.39 is 0 Å². The van der Waals surface area contributed by atoms with Gasteiger partial charge in [0.2, 0.25) is 0 Å². The van der Waals surface area contributed by atoms with Gasteiger partial charge >= 0.3 is 0 Å². The van der Waals surface area contributed by atoms with Gasteiger partial charge in [-0.15, -0.1) is 4.91 Å². The first kappa shape index (κ1) is 8.35. The Hall–Kier alpha value is -0.750. The Balaban J connectivity index is 3.12. The molecule has 0 saturated carbocycles. The lowest BCUT2D eigenvalue weighted by Crippen LogP contribution is -1.97. The number of nitrogens with zero attached hydrogens (tertiary/aromatic N) is 1. The van der Waals surface area contributed by atoms with Crippen molar-refractivity contribution in [3.8, 4) is 0 Å². The van der Waals surface area contributed by atoms with E-state index in [1.807, 2.05) is 18.2 Å². The SMILES string of the molecule is CP(C)c1ccccc1N=O. The van der Waals surface area contributed by atoms with Crippen molar-refractivity contribution in [3.05, 3.63) is 29.2 Å². The molecule has 0 radical (unpaired) electrons. The van der Waals surface area contributed by atoms with Crippen molar-refractivity contribution < 1.29 is 0 Å². The standard InChI is InChI=1S/C8H10NOP/c1-11(2)8-6-4-3-5-7(8)9-10/h3-6H,1-2H3. The molecule has 3 heteroatoms. The van der Waals surface area contributed by atoms with Crippen LogP contribution in [0.4, 0.5) is 5.69 Å². The highest BCUT2D eigenvalue weighted by atomic mass is 31.1. The van der Waals surface area contributed by atoms with Crippen molar-refractivity contribution in [1.29, 1.82) is 0 Å². The van der Waals surface area contributed by atoms with E-state index >= 15 is 0 Å². The van der Waals surface area contributed by atoms with E-state index in [1.54, 1.807) is 6.07 Å². The number of hydrogen-bond acceptors (Lipinski definition) is 2. The van der Waals surface area contributed by atoms with Crippen LogP contribution in [0, 0.1) is 4.91 Å². The minimum absolute atomic E-state index is 0.216. The molecule has 0 aliphatic heterocycles. The first-order chi connectivity index (χ1) is 5.25. The van der Waals surface area contributed by atoms with Crippen LogP contribution in [-0.4, -0.2) is 13.3 Å². The summed E-state index contributed by atoms with van der Waals surface area (Å²) in [4.78, 5) is 10.3. The van der Waals surface area contributed by atoms with E-state index in [0.717, 1.165) is 5.30 Å². The maximum atomic E-state index is 10.3. The highest BCUT2D eigenvalue weighted by molar-refractivity contribution is 7.64. The van der Waals surface area contributed by atoms with Crippen LogP contribution in [0.2, 0.25) is 0 Å². The van der Waals surface area contributed by atoms with Gasteiger partial charge in [0.1, 0.15) is 5.69 Å². The van der Waals surface area contributed by atoms with Crippen LogP contribution >= 0.6 is 7.92 Å². The molecule has 0 spiro atoms. The predicted octanol–water partition coefficient (Wildman–Crippen LogP) is 2.45. The molecule has 0 unspecified atom stereocenters. The second-order valence-electron chi connectivity index (χ2n) is 2.47. The predicted molar refractivity (Wildman–Crippen MR) is 50.3 cm³/mol. The average molecular weight is 167 g/mol. The molecule has 1 aromatic rings. The van der Waals surface area contributed by atoms with Crippen molar-refractivity contribution in [2.24, 2.45) is 5.18 Å². The summed E-state index contributed by atoms with van der Waals surface area (Å²) in [6, 6.07) is 7.48. The summed E-state index contributed by atoms with van der Waals surface area (Å²) in [5.74, 6) is 0. The third-order valence-corrected chi connectivity index (χ3v) is 2.80. The Morgan fingerprint density at radius 1 is 1.27 bits per heavy atom. The fourth-order valence-corrected chi connectivity index (χ4v) is 1.88. The monoisotopic (exact) mass is 167 g/mol. The Labute approximate surface area is 67.4 Å². The van der Waals surface area contributed by atoms with Crippen LogP contribution in [0.1, 0.15) is 0 Å². The summed E-state index contributed by atoms with van der Waals surface area (Å²) < 4.78 is 0. The van der Waals surface area contributed by atoms with Crippen LogP contribution in [0.15, 0.2) is 29.4 Å². The van der Waals surface area contributed by atoms with Crippen molar-refractivity contribution in [1.82, 2.24) is 0 Å². The molecule has 0 aromatic heterocycles. The molecule has 0 heterocycles. The molecule has 0 aliphatic carbocycles. The lowest BCUT2D eigenvalue weighted by Gasteiger charge is -2.05. The summed E-state index contributed by atoms with van der Waals surface area (Å²) in [7, 11) is -0.216. The zero-order chi connectivity index (χ0) is 8.27. The third-order valence-electron chi connectivity index (χ3n) is 1.46. The van der Waals surface area contributed by atoms with Gasteiger partial charge in [0, 0.05) is 5.30 Å². The van der Waals surface area contributed by atoms with E-state index in [2.05, 4.69) is 18.5 Å². The van der Waals surface area contributed by atoms with Gasteiger partial charge < -0.3 is 0 Å². The highest BCUT2D eigenvalue weighted by Crippen LogP contribution is 2.28. The van der Waals surface area contributed by atoms with E-state index in [0.29, 0.717) is 5.69 Å².